The van der Waals surface area contributed by atoms with Gasteiger partial charge in [-0.1, -0.05) is 0 Å². The first kappa shape index (κ1) is 12.8. The van der Waals surface area contributed by atoms with Gasteiger partial charge in [-0.25, -0.2) is 13.8 Å². The fourth-order valence-corrected chi connectivity index (χ4v) is 1.69. The van der Waals surface area contributed by atoms with Gasteiger partial charge < -0.3 is 0 Å². The first-order valence-electron chi connectivity index (χ1n) is 5.79. The van der Waals surface area contributed by atoms with Crippen LogP contribution in [0.15, 0.2) is 36.5 Å². The Bertz CT molecular complexity index is 835. The second-order valence-electron chi connectivity index (χ2n) is 4.07. The van der Waals surface area contributed by atoms with Gasteiger partial charge in [0.25, 0.3) is 0 Å². The highest BCUT2D eigenvalue weighted by Gasteiger charge is 2.10. The highest BCUT2D eigenvalue weighted by molar-refractivity contribution is 5.47. The van der Waals surface area contributed by atoms with Gasteiger partial charge >= 0.3 is 0 Å². The standard InChI is InChI=1S/C13H6F2N6/c14-9-1-2-12(17-7-9)13-18-20-21(19-13)11-4-8(6-16)3-10(15)5-11/h1-5,7H. The van der Waals surface area contributed by atoms with Crippen LogP contribution >= 0.6 is 0 Å². The molecule has 8 heteroatoms. The van der Waals surface area contributed by atoms with E-state index in [0.29, 0.717) is 5.69 Å². The van der Waals surface area contributed by atoms with E-state index in [4.69, 9.17) is 5.26 Å². The Balaban J connectivity index is 2.00. The van der Waals surface area contributed by atoms with Crippen molar-refractivity contribution in [3.63, 3.8) is 0 Å². The summed E-state index contributed by atoms with van der Waals surface area (Å²) in [6, 6.07) is 8.16. The summed E-state index contributed by atoms with van der Waals surface area (Å²) >= 11 is 0. The molecule has 1 aromatic carbocycles. The maximum atomic E-state index is 13.4. The van der Waals surface area contributed by atoms with Crippen molar-refractivity contribution in [3.8, 4) is 23.3 Å². The van der Waals surface area contributed by atoms with E-state index in [0.717, 1.165) is 17.1 Å². The molecule has 6 nitrogen and oxygen atoms in total. The Hall–Kier alpha value is -3.21. The summed E-state index contributed by atoms with van der Waals surface area (Å²) in [7, 11) is 0. The van der Waals surface area contributed by atoms with Gasteiger partial charge in [0.1, 0.15) is 17.3 Å². The molecule has 2 heterocycles. The summed E-state index contributed by atoms with van der Waals surface area (Å²) in [6.07, 6.45) is 1.03. The predicted octanol–water partition coefficient (Wildman–Crippen LogP) is 1.87. The normalized spacial score (nSPS) is 10.3. The Morgan fingerprint density at radius 3 is 2.67 bits per heavy atom. The van der Waals surface area contributed by atoms with Crippen LogP contribution in [0.3, 0.4) is 0 Å². The van der Waals surface area contributed by atoms with Gasteiger partial charge in [-0.05, 0) is 29.5 Å². The minimum absolute atomic E-state index is 0.142. The molecule has 2 aromatic heterocycles. The molecule has 0 unspecified atom stereocenters. The number of halogens is 2. The third-order valence-electron chi connectivity index (χ3n) is 2.61. The smallest absolute Gasteiger partial charge is 0.223 e. The number of pyridine rings is 1. The van der Waals surface area contributed by atoms with Crippen LogP contribution in [0, 0.1) is 23.0 Å². The molecule has 0 N–H and O–H groups in total. The summed E-state index contributed by atoms with van der Waals surface area (Å²) in [4.78, 5) is 4.90. The van der Waals surface area contributed by atoms with E-state index in [1.54, 1.807) is 0 Å². The van der Waals surface area contributed by atoms with Crippen molar-refractivity contribution < 1.29 is 8.78 Å². The Labute approximate surface area is 117 Å². The van der Waals surface area contributed by atoms with Crippen molar-refractivity contribution in [2.45, 2.75) is 0 Å². The van der Waals surface area contributed by atoms with Crippen LogP contribution in [0.4, 0.5) is 8.78 Å². The highest BCUT2D eigenvalue weighted by Crippen LogP contribution is 2.14. The first-order chi connectivity index (χ1) is 10.2. The average molecular weight is 284 g/mol. The van der Waals surface area contributed by atoms with Crippen LogP contribution in [0.1, 0.15) is 5.56 Å². The molecule has 0 bridgehead atoms. The van der Waals surface area contributed by atoms with Crippen LogP contribution in [0.5, 0.6) is 0 Å². The molecule has 0 spiro atoms. The van der Waals surface area contributed by atoms with Crippen molar-refractivity contribution in [1.29, 1.82) is 5.26 Å². The molecule has 102 valence electrons. The van der Waals surface area contributed by atoms with Crippen LogP contribution in [-0.4, -0.2) is 25.2 Å². The second-order valence-corrected chi connectivity index (χ2v) is 4.07. The largest absolute Gasteiger partial charge is 0.250 e. The Morgan fingerprint density at radius 2 is 1.95 bits per heavy atom. The fraction of sp³-hybridized carbons (Fsp3) is 0. The van der Waals surface area contributed by atoms with E-state index in [-0.39, 0.29) is 17.1 Å². The zero-order valence-corrected chi connectivity index (χ0v) is 10.4. The number of hydrogen-bond acceptors (Lipinski definition) is 5. The van der Waals surface area contributed by atoms with Crippen molar-refractivity contribution in [1.82, 2.24) is 25.2 Å². The van der Waals surface area contributed by atoms with Crippen LogP contribution in [-0.2, 0) is 0 Å². The minimum Gasteiger partial charge on any atom is -0.250 e. The molecule has 0 aliphatic carbocycles. The zero-order valence-electron chi connectivity index (χ0n) is 10.4. The molecule has 0 saturated carbocycles. The van der Waals surface area contributed by atoms with E-state index in [2.05, 4.69) is 20.4 Å². The third kappa shape index (κ3) is 2.57. The number of benzene rings is 1. The molecule has 0 amide bonds. The lowest BCUT2D eigenvalue weighted by Gasteiger charge is -1.99. The molecular weight excluding hydrogens is 278 g/mol. The van der Waals surface area contributed by atoms with E-state index >= 15 is 0 Å². The van der Waals surface area contributed by atoms with Gasteiger partial charge in [0.15, 0.2) is 0 Å². The van der Waals surface area contributed by atoms with E-state index in [9.17, 15) is 8.78 Å². The summed E-state index contributed by atoms with van der Waals surface area (Å²) in [5.41, 5.74) is 0.732. The maximum absolute atomic E-state index is 13.4. The molecule has 0 radical (unpaired) electrons. The molecule has 21 heavy (non-hydrogen) atoms. The van der Waals surface area contributed by atoms with Gasteiger partial charge in [0.05, 0.1) is 23.5 Å². The van der Waals surface area contributed by atoms with Gasteiger partial charge in [0, 0.05) is 6.07 Å². The number of aromatic nitrogens is 5. The molecular formula is C13H6F2N6. The SMILES string of the molecule is N#Cc1cc(F)cc(-n2nnc(-c3ccc(F)cn3)n2)c1. The lowest BCUT2D eigenvalue weighted by atomic mass is 10.2. The van der Waals surface area contributed by atoms with Gasteiger partial charge in [-0.15, -0.1) is 15.0 Å². The average Bonchev–Trinajstić information content (AvgIpc) is 2.97. The second kappa shape index (κ2) is 5.05. The lowest BCUT2D eigenvalue weighted by molar-refractivity contribution is 0.620. The predicted molar refractivity (Wildman–Crippen MR) is 67.0 cm³/mol. The number of tetrazole rings is 1. The van der Waals surface area contributed by atoms with Crippen molar-refractivity contribution in [2.75, 3.05) is 0 Å². The molecule has 0 aliphatic heterocycles. The Morgan fingerprint density at radius 1 is 1.10 bits per heavy atom. The monoisotopic (exact) mass is 284 g/mol. The molecule has 0 aliphatic rings. The van der Waals surface area contributed by atoms with Crippen LogP contribution in [0.25, 0.3) is 17.2 Å². The van der Waals surface area contributed by atoms with Crippen LogP contribution < -0.4 is 0 Å². The van der Waals surface area contributed by atoms with E-state index in [1.807, 2.05) is 6.07 Å². The summed E-state index contributed by atoms with van der Waals surface area (Å²) in [5.74, 6) is -0.893. The quantitative estimate of drug-likeness (QED) is 0.717. The Kier molecular flexibility index (Phi) is 3.08. The first-order valence-corrected chi connectivity index (χ1v) is 5.79. The van der Waals surface area contributed by atoms with Gasteiger partial charge in [-0.2, -0.15) is 5.26 Å². The van der Waals surface area contributed by atoms with Gasteiger partial charge in [-0.3, -0.25) is 0 Å². The summed E-state index contributed by atoms with van der Waals surface area (Å²) in [5, 5.41) is 20.4. The van der Waals surface area contributed by atoms with Crippen molar-refractivity contribution in [2.24, 2.45) is 0 Å². The van der Waals surface area contributed by atoms with E-state index < -0.39 is 11.6 Å². The van der Waals surface area contributed by atoms with Crippen LogP contribution in [0.2, 0.25) is 0 Å². The molecule has 0 fully saturated rings. The van der Waals surface area contributed by atoms with Gasteiger partial charge in [0.2, 0.25) is 5.82 Å². The van der Waals surface area contributed by atoms with Crippen molar-refractivity contribution >= 4 is 0 Å². The zero-order chi connectivity index (χ0) is 14.8. The molecule has 0 saturated heterocycles. The summed E-state index contributed by atoms with van der Waals surface area (Å²) < 4.78 is 26.2. The number of hydrogen-bond donors (Lipinski definition) is 0. The third-order valence-corrected chi connectivity index (χ3v) is 2.61. The summed E-state index contributed by atoms with van der Waals surface area (Å²) in [6.45, 7) is 0. The molecule has 3 aromatic rings. The topological polar surface area (TPSA) is 80.3 Å². The maximum Gasteiger partial charge on any atom is 0.223 e. The lowest BCUT2D eigenvalue weighted by Crippen LogP contribution is -2.00. The minimum atomic E-state index is -0.581. The number of nitriles is 1. The molecule has 0 atom stereocenters. The number of nitrogens with zero attached hydrogens (tertiary/aromatic N) is 6. The number of rotatable bonds is 2. The van der Waals surface area contributed by atoms with E-state index in [1.165, 1.54) is 24.3 Å². The molecule has 3 rings (SSSR count). The van der Waals surface area contributed by atoms with Crippen molar-refractivity contribution in [3.05, 3.63) is 53.7 Å². The fourth-order valence-electron chi connectivity index (χ4n) is 1.69. The highest BCUT2D eigenvalue weighted by atomic mass is 19.1.